The molecule has 0 saturated heterocycles. The fourth-order valence-electron chi connectivity index (χ4n) is 2.61. The van der Waals surface area contributed by atoms with Crippen LogP contribution < -0.4 is 4.90 Å². The number of halogens is 1. The molecule has 0 aliphatic carbocycles. The third-order valence-corrected chi connectivity index (χ3v) is 5.66. The smallest absolute Gasteiger partial charge is 0.230 e. The van der Waals surface area contributed by atoms with Crippen LogP contribution in [-0.2, 0) is 4.79 Å². The van der Waals surface area contributed by atoms with Gasteiger partial charge >= 0.3 is 0 Å². The summed E-state index contributed by atoms with van der Waals surface area (Å²) in [4.78, 5) is 22.4. The molecule has 27 heavy (non-hydrogen) atoms. The van der Waals surface area contributed by atoms with Crippen LogP contribution in [0.5, 0.6) is 0 Å². The zero-order chi connectivity index (χ0) is 18.8. The standard InChI is InChI=1S/C20H14FN3OS2/c1-13(25)24(17-8-4-2-6-15(17)21)20-22-14(12-26-20)10-11-19-23-16-7-3-5-9-18(16)27-19/h2-12H,1H3/b11-10+. The van der Waals surface area contributed by atoms with Crippen LogP contribution in [-0.4, -0.2) is 15.9 Å². The molecule has 0 radical (unpaired) electrons. The van der Waals surface area contributed by atoms with Crippen molar-refractivity contribution in [3.05, 3.63) is 70.4 Å². The third-order valence-electron chi connectivity index (χ3n) is 3.82. The van der Waals surface area contributed by atoms with Gasteiger partial charge in [0, 0.05) is 12.3 Å². The van der Waals surface area contributed by atoms with Crippen molar-refractivity contribution >= 4 is 61.8 Å². The Bertz CT molecular complexity index is 1120. The molecule has 0 saturated carbocycles. The van der Waals surface area contributed by atoms with E-state index >= 15 is 0 Å². The number of anilines is 2. The molecule has 4 nitrogen and oxygen atoms in total. The lowest BCUT2D eigenvalue weighted by atomic mass is 10.3. The van der Waals surface area contributed by atoms with Crippen molar-refractivity contribution in [3.63, 3.8) is 0 Å². The molecule has 0 bridgehead atoms. The normalized spacial score (nSPS) is 11.3. The molecule has 7 heteroatoms. The predicted octanol–water partition coefficient (Wildman–Crippen LogP) is 5.75. The van der Waals surface area contributed by atoms with Crippen molar-refractivity contribution in [1.29, 1.82) is 0 Å². The lowest BCUT2D eigenvalue weighted by Crippen LogP contribution is -2.23. The number of amides is 1. The van der Waals surface area contributed by atoms with Gasteiger partial charge in [-0.05, 0) is 36.4 Å². The van der Waals surface area contributed by atoms with Gasteiger partial charge in [0.05, 0.1) is 21.6 Å². The Labute approximate surface area is 163 Å². The highest BCUT2D eigenvalue weighted by atomic mass is 32.1. The van der Waals surface area contributed by atoms with Crippen LogP contribution in [0, 0.1) is 5.82 Å². The van der Waals surface area contributed by atoms with Gasteiger partial charge in [-0.15, -0.1) is 22.7 Å². The number of para-hydroxylation sites is 2. The second kappa shape index (κ2) is 7.38. The van der Waals surface area contributed by atoms with Crippen molar-refractivity contribution in [2.75, 3.05) is 4.90 Å². The lowest BCUT2D eigenvalue weighted by molar-refractivity contribution is -0.115. The molecule has 0 spiro atoms. The zero-order valence-corrected chi connectivity index (χ0v) is 15.9. The van der Waals surface area contributed by atoms with Gasteiger partial charge in [-0.25, -0.2) is 14.4 Å². The average Bonchev–Trinajstić information content (AvgIpc) is 3.28. The number of thiazole rings is 2. The van der Waals surface area contributed by atoms with Crippen molar-refractivity contribution in [1.82, 2.24) is 9.97 Å². The first-order valence-corrected chi connectivity index (χ1v) is 9.86. The van der Waals surface area contributed by atoms with Gasteiger partial charge < -0.3 is 0 Å². The second-order valence-corrected chi connectivity index (χ2v) is 7.61. The summed E-state index contributed by atoms with van der Waals surface area (Å²) >= 11 is 2.89. The van der Waals surface area contributed by atoms with Crippen LogP contribution in [0.2, 0.25) is 0 Å². The summed E-state index contributed by atoms with van der Waals surface area (Å²) in [7, 11) is 0. The molecular weight excluding hydrogens is 381 g/mol. The van der Waals surface area contributed by atoms with Crippen LogP contribution in [0.15, 0.2) is 53.9 Å². The molecule has 134 valence electrons. The van der Waals surface area contributed by atoms with E-state index in [1.165, 1.54) is 29.2 Å². The van der Waals surface area contributed by atoms with Crippen molar-refractivity contribution in [2.24, 2.45) is 0 Å². The highest BCUT2D eigenvalue weighted by Crippen LogP contribution is 2.31. The quantitative estimate of drug-likeness (QED) is 0.442. The number of benzene rings is 2. The highest BCUT2D eigenvalue weighted by Gasteiger charge is 2.20. The SMILES string of the molecule is CC(=O)N(c1nc(/C=C/c2nc3ccccc3s2)cs1)c1ccccc1F. The summed E-state index contributed by atoms with van der Waals surface area (Å²) in [6.45, 7) is 1.39. The number of hydrogen-bond donors (Lipinski definition) is 0. The van der Waals surface area contributed by atoms with Crippen molar-refractivity contribution in [2.45, 2.75) is 6.92 Å². The van der Waals surface area contributed by atoms with Gasteiger partial charge in [0.15, 0.2) is 5.13 Å². The first-order chi connectivity index (χ1) is 13.1. The van der Waals surface area contributed by atoms with E-state index < -0.39 is 5.82 Å². The number of rotatable bonds is 4. The topological polar surface area (TPSA) is 46.1 Å². The predicted molar refractivity (Wildman–Crippen MR) is 110 cm³/mol. The van der Waals surface area contributed by atoms with Gasteiger partial charge in [-0.2, -0.15) is 0 Å². The molecule has 2 aromatic heterocycles. The monoisotopic (exact) mass is 395 g/mol. The second-order valence-electron chi connectivity index (χ2n) is 5.71. The van der Waals surface area contributed by atoms with Crippen LogP contribution >= 0.6 is 22.7 Å². The van der Waals surface area contributed by atoms with Gasteiger partial charge in [0.2, 0.25) is 5.91 Å². The minimum absolute atomic E-state index is 0.195. The van der Waals surface area contributed by atoms with E-state index in [-0.39, 0.29) is 11.6 Å². The lowest BCUT2D eigenvalue weighted by Gasteiger charge is -2.18. The maximum atomic E-state index is 14.1. The van der Waals surface area contributed by atoms with E-state index in [9.17, 15) is 9.18 Å². The van der Waals surface area contributed by atoms with E-state index in [1.807, 2.05) is 41.8 Å². The van der Waals surface area contributed by atoms with Crippen LogP contribution in [0.3, 0.4) is 0 Å². The first-order valence-electron chi connectivity index (χ1n) is 8.16. The fraction of sp³-hybridized carbons (Fsp3) is 0.0500. The van der Waals surface area contributed by atoms with Gasteiger partial charge in [-0.1, -0.05) is 24.3 Å². The van der Waals surface area contributed by atoms with Gasteiger partial charge in [-0.3, -0.25) is 9.69 Å². The number of carbonyl (C=O) groups excluding carboxylic acids is 1. The molecule has 2 heterocycles. The molecule has 0 atom stereocenters. The maximum Gasteiger partial charge on any atom is 0.230 e. The third kappa shape index (κ3) is 3.65. The van der Waals surface area contributed by atoms with Crippen LogP contribution in [0.1, 0.15) is 17.6 Å². The molecule has 0 fully saturated rings. The molecule has 0 N–H and O–H groups in total. The van der Waals surface area contributed by atoms with Crippen LogP contribution in [0.4, 0.5) is 15.2 Å². The van der Waals surface area contributed by atoms with Crippen molar-refractivity contribution < 1.29 is 9.18 Å². The fourth-order valence-corrected chi connectivity index (χ4v) is 4.33. The van der Waals surface area contributed by atoms with E-state index in [1.54, 1.807) is 29.5 Å². The molecule has 4 rings (SSSR count). The summed E-state index contributed by atoms with van der Waals surface area (Å²) in [6, 6.07) is 14.1. The van der Waals surface area contributed by atoms with E-state index in [0.717, 1.165) is 15.2 Å². The Kier molecular flexibility index (Phi) is 4.79. The van der Waals surface area contributed by atoms with Gasteiger partial charge in [0.25, 0.3) is 0 Å². The molecular formula is C20H14FN3OS2. The molecule has 0 aliphatic heterocycles. The van der Waals surface area contributed by atoms with Crippen LogP contribution in [0.25, 0.3) is 22.4 Å². The number of carbonyl (C=O) groups is 1. The molecule has 0 unspecified atom stereocenters. The summed E-state index contributed by atoms with van der Waals surface area (Å²) in [6.07, 6.45) is 3.74. The molecule has 2 aromatic carbocycles. The molecule has 0 aliphatic rings. The van der Waals surface area contributed by atoms with E-state index in [2.05, 4.69) is 9.97 Å². The summed E-state index contributed by atoms with van der Waals surface area (Å²) in [5.41, 5.74) is 1.85. The largest absolute Gasteiger partial charge is 0.274 e. The van der Waals surface area contributed by atoms with Crippen molar-refractivity contribution in [3.8, 4) is 0 Å². The highest BCUT2D eigenvalue weighted by molar-refractivity contribution is 7.19. The van der Waals surface area contributed by atoms with Gasteiger partial charge in [0.1, 0.15) is 10.8 Å². The van der Waals surface area contributed by atoms with E-state index in [0.29, 0.717) is 10.8 Å². The number of nitrogens with zero attached hydrogens (tertiary/aromatic N) is 3. The minimum atomic E-state index is -0.463. The summed E-state index contributed by atoms with van der Waals surface area (Å²) < 4.78 is 15.2. The summed E-state index contributed by atoms with van der Waals surface area (Å²) in [5.74, 6) is -0.759. The Balaban J connectivity index is 1.62. The first kappa shape index (κ1) is 17.5. The Morgan fingerprint density at radius 1 is 1.07 bits per heavy atom. The number of fused-ring (bicyclic) bond motifs is 1. The Morgan fingerprint density at radius 3 is 2.63 bits per heavy atom. The average molecular weight is 395 g/mol. The maximum absolute atomic E-state index is 14.1. The summed E-state index contributed by atoms with van der Waals surface area (Å²) in [5, 5.41) is 3.13. The molecule has 4 aromatic rings. The number of aromatic nitrogens is 2. The molecule has 1 amide bonds. The number of hydrogen-bond acceptors (Lipinski definition) is 5. The Hall–Kier alpha value is -2.90. The zero-order valence-electron chi connectivity index (χ0n) is 14.3. The Morgan fingerprint density at radius 2 is 1.85 bits per heavy atom. The van der Waals surface area contributed by atoms with E-state index in [4.69, 9.17) is 0 Å². The minimum Gasteiger partial charge on any atom is -0.274 e.